The Hall–Kier alpha value is -0.970. The van der Waals surface area contributed by atoms with E-state index in [-0.39, 0.29) is 0 Å². The van der Waals surface area contributed by atoms with E-state index in [2.05, 4.69) is 29.7 Å². The van der Waals surface area contributed by atoms with Crippen LogP contribution < -0.4 is 11.3 Å². The quantitative estimate of drug-likeness (QED) is 0.662. The maximum Gasteiger partial charge on any atom is 0.0954 e. The number of thiazole rings is 1. The smallest absolute Gasteiger partial charge is 0.0954 e. The number of nitrogens with two attached hydrogens (primary N) is 1. The molecule has 2 aromatic rings. The fourth-order valence-electron chi connectivity index (χ4n) is 3.45. The number of hydrogen-bond donors (Lipinski definition) is 2. The van der Waals surface area contributed by atoms with Crippen LogP contribution >= 0.6 is 11.3 Å². The van der Waals surface area contributed by atoms with Gasteiger partial charge in [-0.2, -0.15) is 0 Å². The summed E-state index contributed by atoms with van der Waals surface area (Å²) < 4.78 is 1.28. The van der Waals surface area contributed by atoms with Crippen molar-refractivity contribution in [2.45, 2.75) is 57.4 Å². The molecule has 3 rings (SSSR count). The molecule has 0 spiro atoms. The highest BCUT2D eigenvalue weighted by Crippen LogP contribution is 2.28. The Morgan fingerprint density at radius 3 is 2.57 bits per heavy atom. The zero-order chi connectivity index (χ0) is 14.5. The molecule has 3 nitrogen and oxygen atoms in total. The Morgan fingerprint density at radius 2 is 1.86 bits per heavy atom. The van der Waals surface area contributed by atoms with Crippen molar-refractivity contribution in [3.63, 3.8) is 0 Å². The second-order valence-corrected chi connectivity index (χ2v) is 7.27. The van der Waals surface area contributed by atoms with E-state index in [0.29, 0.717) is 12.0 Å². The molecular formula is C17H25N3S. The number of hydrazine groups is 1. The predicted octanol–water partition coefficient (Wildman–Crippen LogP) is 4.03. The van der Waals surface area contributed by atoms with Crippen molar-refractivity contribution in [2.75, 3.05) is 0 Å². The van der Waals surface area contributed by atoms with Gasteiger partial charge in [0.25, 0.3) is 0 Å². The number of benzene rings is 1. The van der Waals surface area contributed by atoms with Gasteiger partial charge in [-0.05, 0) is 30.9 Å². The molecule has 0 amide bonds. The zero-order valence-corrected chi connectivity index (χ0v) is 13.4. The van der Waals surface area contributed by atoms with Crippen molar-refractivity contribution in [1.29, 1.82) is 0 Å². The van der Waals surface area contributed by atoms with E-state index < -0.39 is 0 Å². The maximum absolute atomic E-state index is 5.86. The Kier molecular flexibility index (Phi) is 5.22. The summed E-state index contributed by atoms with van der Waals surface area (Å²) in [6, 6.07) is 8.74. The number of nitrogens with one attached hydrogen (secondary N) is 1. The molecule has 1 aromatic carbocycles. The first-order chi connectivity index (χ1) is 10.4. The molecule has 0 aliphatic heterocycles. The van der Waals surface area contributed by atoms with Gasteiger partial charge in [-0.15, -0.1) is 11.3 Å². The van der Waals surface area contributed by atoms with Gasteiger partial charge in [-0.3, -0.25) is 11.3 Å². The molecule has 1 aliphatic carbocycles. The standard InChI is InChI=1S/C17H25N3S/c18-20-15(13-8-4-2-1-3-5-9-13)12-17-19-14-10-6-7-11-16(14)21-17/h6-7,10-11,13,15,20H,1-5,8-9,12,18H2. The van der Waals surface area contributed by atoms with Gasteiger partial charge in [0, 0.05) is 12.5 Å². The fraction of sp³-hybridized carbons (Fsp3) is 0.588. The third-order valence-electron chi connectivity index (χ3n) is 4.67. The van der Waals surface area contributed by atoms with Crippen molar-refractivity contribution in [2.24, 2.45) is 11.8 Å². The zero-order valence-electron chi connectivity index (χ0n) is 12.6. The molecule has 21 heavy (non-hydrogen) atoms. The molecule has 0 saturated heterocycles. The molecule has 3 N–H and O–H groups in total. The minimum Gasteiger partial charge on any atom is -0.271 e. The normalized spacial score (nSPS) is 19.3. The largest absolute Gasteiger partial charge is 0.271 e. The van der Waals surface area contributed by atoms with Crippen molar-refractivity contribution >= 4 is 21.6 Å². The first-order valence-electron chi connectivity index (χ1n) is 8.17. The monoisotopic (exact) mass is 303 g/mol. The Balaban J connectivity index is 1.70. The van der Waals surface area contributed by atoms with Gasteiger partial charge < -0.3 is 0 Å². The highest BCUT2D eigenvalue weighted by Gasteiger charge is 2.22. The number of aromatic nitrogens is 1. The summed E-state index contributed by atoms with van der Waals surface area (Å²) in [6.07, 6.45) is 10.4. The lowest BCUT2D eigenvalue weighted by Crippen LogP contribution is -2.42. The molecule has 1 aromatic heterocycles. The van der Waals surface area contributed by atoms with Crippen LogP contribution in [-0.4, -0.2) is 11.0 Å². The van der Waals surface area contributed by atoms with Gasteiger partial charge >= 0.3 is 0 Å². The molecule has 0 radical (unpaired) electrons. The molecule has 1 unspecified atom stereocenters. The summed E-state index contributed by atoms with van der Waals surface area (Å²) in [6.45, 7) is 0. The molecule has 4 heteroatoms. The second-order valence-electron chi connectivity index (χ2n) is 6.16. The minimum absolute atomic E-state index is 0.365. The van der Waals surface area contributed by atoms with E-state index in [9.17, 15) is 0 Å². The average Bonchev–Trinajstić information content (AvgIpc) is 2.87. The molecule has 1 heterocycles. The fourth-order valence-corrected chi connectivity index (χ4v) is 4.47. The molecule has 1 saturated carbocycles. The summed E-state index contributed by atoms with van der Waals surface area (Å²) in [5.74, 6) is 6.56. The van der Waals surface area contributed by atoms with Gasteiger partial charge in [0.15, 0.2) is 0 Å². The van der Waals surface area contributed by atoms with Crippen molar-refractivity contribution in [3.8, 4) is 0 Å². The van der Waals surface area contributed by atoms with E-state index in [4.69, 9.17) is 10.8 Å². The number of hydrogen-bond acceptors (Lipinski definition) is 4. The van der Waals surface area contributed by atoms with Gasteiger partial charge in [0.2, 0.25) is 0 Å². The maximum atomic E-state index is 5.86. The summed E-state index contributed by atoms with van der Waals surface area (Å²) in [5, 5.41) is 1.21. The highest BCUT2D eigenvalue weighted by atomic mass is 32.1. The minimum atomic E-state index is 0.365. The predicted molar refractivity (Wildman–Crippen MR) is 90.2 cm³/mol. The number of nitrogens with zero attached hydrogens (tertiary/aromatic N) is 1. The third-order valence-corrected chi connectivity index (χ3v) is 5.72. The van der Waals surface area contributed by atoms with Crippen LogP contribution in [0.2, 0.25) is 0 Å². The van der Waals surface area contributed by atoms with E-state index >= 15 is 0 Å². The summed E-state index contributed by atoms with van der Waals surface area (Å²) in [7, 11) is 0. The Morgan fingerprint density at radius 1 is 1.14 bits per heavy atom. The SMILES string of the molecule is NNC(Cc1nc2ccccc2s1)C1CCCCCCC1. The van der Waals surface area contributed by atoms with Crippen molar-refractivity contribution in [1.82, 2.24) is 10.4 Å². The molecule has 1 atom stereocenters. The van der Waals surface area contributed by atoms with Gasteiger partial charge in [0.05, 0.1) is 15.2 Å². The lowest BCUT2D eigenvalue weighted by Gasteiger charge is -2.27. The summed E-state index contributed by atoms with van der Waals surface area (Å²) in [5.41, 5.74) is 4.20. The molecule has 1 aliphatic rings. The lowest BCUT2D eigenvalue weighted by molar-refractivity contribution is 0.285. The topological polar surface area (TPSA) is 50.9 Å². The van der Waals surface area contributed by atoms with Crippen LogP contribution in [0.15, 0.2) is 24.3 Å². The average molecular weight is 303 g/mol. The van der Waals surface area contributed by atoms with Gasteiger partial charge in [-0.1, -0.05) is 44.2 Å². The van der Waals surface area contributed by atoms with Crippen molar-refractivity contribution < 1.29 is 0 Å². The van der Waals surface area contributed by atoms with Crippen LogP contribution in [0.5, 0.6) is 0 Å². The Labute approximate surface area is 130 Å². The lowest BCUT2D eigenvalue weighted by atomic mass is 9.85. The molecule has 0 bridgehead atoms. The summed E-state index contributed by atoms with van der Waals surface area (Å²) >= 11 is 1.81. The van der Waals surface area contributed by atoms with E-state index in [1.807, 2.05) is 11.3 Å². The van der Waals surface area contributed by atoms with E-state index in [1.54, 1.807) is 0 Å². The first kappa shape index (κ1) is 14.9. The Bertz CT molecular complexity index is 525. The van der Waals surface area contributed by atoms with Crippen LogP contribution in [0.3, 0.4) is 0 Å². The van der Waals surface area contributed by atoms with Crippen LogP contribution in [-0.2, 0) is 6.42 Å². The molecule has 1 fully saturated rings. The number of rotatable bonds is 4. The van der Waals surface area contributed by atoms with Gasteiger partial charge in [-0.25, -0.2) is 4.98 Å². The number of fused-ring (bicyclic) bond motifs is 1. The summed E-state index contributed by atoms with van der Waals surface area (Å²) in [4.78, 5) is 4.76. The number of para-hydroxylation sites is 1. The molecule has 114 valence electrons. The van der Waals surface area contributed by atoms with Gasteiger partial charge in [0.1, 0.15) is 0 Å². The third kappa shape index (κ3) is 3.82. The first-order valence-corrected chi connectivity index (χ1v) is 8.99. The highest BCUT2D eigenvalue weighted by molar-refractivity contribution is 7.18. The van der Waals surface area contributed by atoms with Crippen LogP contribution in [0.1, 0.15) is 50.0 Å². The van der Waals surface area contributed by atoms with E-state index in [1.165, 1.54) is 54.7 Å². The van der Waals surface area contributed by atoms with Crippen LogP contribution in [0, 0.1) is 5.92 Å². The van der Waals surface area contributed by atoms with E-state index in [0.717, 1.165) is 11.9 Å². The van der Waals surface area contributed by atoms with Crippen molar-refractivity contribution in [3.05, 3.63) is 29.3 Å². The van der Waals surface area contributed by atoms with Crippen LogP contribution in [0.4, 0.5) is 0 Å². The van der Waals surface area contributed by atoms with Crippen LogP contribution in [0.25, 0.3) is 10.2 Å². The molecular weight excluding hydrogens is 278 g/mol. The second kappa shape index (κ2) is 7.34.